The zero-order valence-corrected chi connectivity index (χ0v) is 10.1. The minimum Gasteiger partial charge on any atom is -0.480 e. The number of carboxylic acids is 1. The molecule has 5 nitrogen and oxygen atoms in total. The number of imide groups is 1. The van der Waals surface area contributed by atoms with Gasteiger partial charge in [-0.25, -0.2) is 4.79 Å². The summed E-state index contributed by atoms with van der Waals surface area (Å²) in [6, 6.07) is -1.12. The molecule has 1 aliphatic rings. The summed E-state index contributed by atoms with van der Waals surface area (Å²) >= 11 is 0. The molecule has 0 aromatic rings. The van der Waals surface area contributed by atoms with Crippen LogP contribution < -0.4 is 0 Å². The van der Waals surface area contributed by atoms with E-state index in [4.69, 9.17) is 5.11 Å². The number of nitrogens with zero attached hydrogens (tertiary/aromatic N) is 1. The van der Waals surface area contributed by atoms with Crippen molar-refractivity contribution in [3.63, 3.8) is 0 Å². The van der Waals surface area contributed by atoms with Crippen LogP contribution in [0.1, 0.15) is 33.1 Å². The second-order valence-electron chi connectivity index (χ2n) is 5.05. The number of hydrogen-bond donors (Lipinski definition) is 1. The minimum atomic E-state index is -1.17. The Balaban J connectivity index is 2.96. The Bertz CT molecular complexity index is 353. The number of amides is 2. The molecular weight excluding hydrogens is 222 g/mol. The Labute approximate surface area is 100 Å². The highest BCUT2D eigenvalue weighted by Crippen LogP contribution is 2.32. The first-order valence-electron chi connectivity index (χ1n) is 5.47. The van der Waals surface area contributed by atoms with Crippen LogP contribution in [0.3, 0.4) is 0 Å². The van der Waals surface area contributed by atoms with Crippen LogP contribution in [-0.4, -0.2) is 33.8 Å². The molecular formula is C12H17NO4. The molecule has 1 atom stereocenters. The van der Waals surface area contributed by atoms with Crippen molar-refractivity contribution in [1.82, 2.24) is 4.90 Å². The van der Waals surface area contributed by atoms with Crippen molar-refractivity contribution >= 4 is 17.8 Å². The largest absolute Gasteiger partial charge is 0.480 e. The van der Waals surface area contributed by atoms with Gasteiger partial charge in [-0.1, -0.05) is 19.9 Å². The molecule has 2 amide bonds. The topological polar surface area (TPSA) is 74.7 Å². The van der Waals surface area contributed by atoms with Gasteiger partial charge in [-0.2, -0.15) is 0 Å². The predicted octanol–water partition coefficient (Wildman–Crippen LogP) is 1.19. The summed E-state index contributed by atoms with van der Waals surface area (Å²) < 4.78 is 0. The fraction of sp³-hybridized carbons (Fsp3) is 0.583. The van der Waals surface area contributed by atoms with Crippen LogP contribution in [0.4, 0.5) is 0 Å². The number of carbonyl (C=O) groups is 3. The first-order chi connectivity index (χ1) is 7.78. The lowest BCUT2D eigenvalue weighted by molar-refractivity contribution is -0.163. The van der Waals surface area contributed by atoms with Gasteiger partial charge < -0.3 is 5.11 Å². The molecule has 1 rings (SSSR count). The zero-order chi connectivity index (χ0) is 13.2. The third-order valence-corrected chi connectivity index (χ3v) is 2.78. The van der Waals surface area contributed by atoms with Crippen molar-refractivity contribution in [3.05, 3.63) is 12.7 Å². The number of hydrogen-bond acceptors (Lipinski definition) is 3. The molecule has 0 aromatic heterocycles. The van der Waals surface area contributed by atoms with Gasteiger partial charge >= 0.3 is 5.97 Å². The lowest BCUT2D eigenvalue weighted by Crippen LogP contribution is -2.53. The Morgan fingerprint density at radius 3 is 2.29 bits per heavy atom. The third kappa shape index (κ3) is 2.93. The number of rotatable bonds is 4. The molecule has 17 heavy (non-hydrogen) atoms. The summed E-state index contributed by atoms with van der Waals surface area (Å²) in [5.74, 6) is -2.01. The molecule has 0 aromatic carbocycles. The molecule has 0 saturated carbocycles. The highest BCUT2D eigenvalue weighted by molar-refractivity contribution is 6.01. The molecule has 1 heterocycles. The SMILES string of the molecule is C=CCC(C(=O)O)N1C(=O)CC(C)(C)CC1=O. The highest BCUT2D eigenvalue weighted by Gasteiger charge is 2.42. The first kappa shape index (κ1) is 13.4. The van der Waals surface area contributed by atoms with Crippen LogP contribution in [0.2, 0.25) is 0 Å². The van der Waals surface area contributed by atoms with Gasteiger partial charge in [0.1, 0.15) is 6.04 Å². The summed E-state index contributed by atoms with van der Waals surface area (Å²) in [7, 11) is 0. The predicted molar refractivity (Wildman–Crippen MR) is 61.1 cm³/mol. The molecule has 1 unspecified atom stereocenters. The van der Waals surface area contributed by atoms with Gasteiger partial charge in [0.15, 0.2) is 0 Å². The van der Waals surface area contributed by atoms with Gasteiger partial charge in [-0.05, 0) is 11.8 Å². The van der Waals surface area contributed by atoms with Crippen molar-refractivity contribution in [3.8, 4) is 0 Å². The zero-order valence-electron chi connectivity index (χ0n) is 10.1. The van der Waals surface area contributed by atoms with Crippen LogP contribution in [0.5, 0.6) is 0 Å². The average molecular weight is 239 g/mol. The standard InChI is InChI=1S/C12H17NO4/c1-4-5-8(11(16)17)13-9(14)6-12(2,3)7-10(13)15/h4,8H,1,5-7H2,2-3H3,(H,16,17). The number of likely N-dealkylation sites (tertiary alicyclic amines) is 1. The van der Waals surface area contributed by atoms with Crippen molar-refractivity contribution in [2.75, 3.05) is 0 Å². The first-order valence-corrected chi connectivity index (χ1v) is 5.47. The van der Waals surface area contributed by atoms with Crippen LogP contribution in [-0.2, 0) is 14.4 Å². The van der Waals surface area contributed by atoms with Gasteiger partial charge in [0.25, 0.3) is 0 Å². The van der Waals surface area contributed by atoms with Gasteiger partial charge in [0, 0.05) is 12.8 Å². The summed E-state index contributed by atoms with van der Waals surface area (Å²) in [4.78, 5) is 35.6. The molecule has 1 N–H and O–H groups in total. The maximum atomic E-state index is 11.8. The second kappa shape index (κ2) is 4.69. The van der Waals surface area contributed by atoms with E-state index in [9.17, 15) is 14.4 Å². The Morgan fingerprint density at radius 2 is 1.94 bits per heavy atom. The number of carboxylic acid groups (broad SMARTS) is 1. The Morgan fingerprint density at radius 1 is 1.47 bits per heavy atom. The van der Waals surface area contributed by atoms with E-state index in [1.807, 2.05) is 13.8 Å². The molecule has 5 heteroatoms. The van der Waals surface area contributed by atoms with Crippen molar-refractivity contribution < 1.29 is 19.5 Å². The van der Waals surface area contributed by atoms with E-state index in [1.54, 1.807) is 0 Å². The fourth-order valence-electron chi connectivity index (χ4n) is 2.01. The van der Waals surface area contributed by atoms with E-state index in [-0.39, 0.29) is 24.7 Å². The van der Waals surface area contributed by atoms with E-state index >= 15 is 0 Å². The smallest absolute Gasteiger partial charge is 0.327 e. The number of piperidine rings is 1. The maximum Gasteiger partial charge on any atom is 0.327 e. The lowest BCUT2D eigenvalue weighted by Gasteiger charge is -2.37. The van der Waals surface area contributed by atoms with E-state index in [0.29, 0.717) is 0 Å². The van der Waals surface area contributed by atoms with Crippen LogP contribution in [0, 0.1) is 5.41 Å². The molecule has 1 aliphatic heterocycles. The minimum absolute atomic E-state index is 0.0766. The van der Waals surface area contributed by atoms with Crippen LogP contribution in [0.25, 0.3) is 0 Å². The van der Waals surface area contributed by atoms with Crippen LogP contribution in [0.15, 0.2) is 12.7 Å². The summed E-state index contributed by atoms with van der Waals surface area (Å²) in [6.45, 7) is 7.09. The number of carbonyl (C=O) groups excluding carboxylic acids is 2. The van der Waals surface area contributed by atoms with Crippen molar-refractivity contribution in [2.24, 2.45) is 5.41 Å². The van der Waals surface area contributed by atoms with Crippen LogP contribution >= 0.6 is 0 Å². The highest BCUT2D eigenvalue weighted by atomic mass is 16.4. The molecule has 0 spiro atoms. The molecule has 1 saturated heterocycles. The maximum absolute atomic E-state index is 11.8. The summed E-state index contributed by atoms with van der Waals surface area (Å²) in [6.07, 6.45) is 1.87. The Kier molecular flexibility index (Phi) is 3.70. The van der Waals surface area contributed by atoms with Gasteiger partial charge in [0.2, 0.25) is 11.8 Å². The molecule has 0 radical (unpaired) electrons. The van der Waals surface area contributed by atoms with Crippen molar-refractivity contribution in [2.45, 2.75) is 39.2 Å². The van der Waals surface area contributed by atoms with Crippen molar-refractivity contribution in [1.29, 1.82) is 0 Å². The molecule has 94 valence electrons. The molecule has 0 bridgehead atoms. The lowest BCUT2D eigenvalue weighted by atomic mass is 9.81. The quantitative estimate of drug-likeness (QED) is 0.590. The van der Waals surface area contributed by atoms with Gasteiger partial charge in [0.05, 0.1) is 0 Å². The second-order valence-corrected chi connectivity index (χ2v) is 5.05. The number of aliphatic carboxylic acids is 1. The molecule has 1 fully saturated rings. The summed E-state index contributed by atoms with van der Waals surface area (Å²) in [5.41, 5.74) is -0.387. The molecule has 0 aliphatic carbocycles. The van der Waals surface area contributed by atoms with Gasteiger partial charge in [-0.3, -0.25) is 14.5 Å². The average Bonchev–Trinajstić information content (AvgIpc) is 2.12. The summed E-state index contributed by atoms with van der Waals surface area (Å²) in [5, 5.41) is 9.03. The van der Waals surface area contributed by atoms with E-state index in [1.165, 1.54) is 6.08 Å². The van der Waals surface area contributed by atoms with E-state index in [0.717, 1.165) is 4.90 Å². The van der Waals surface area contributed by atoms with E-state index < -0.39 is 23.8 Å². The Hall–Kier alpha value is -1.65. The normalized spacial score (nSPS) is 21.2. The van der Waals surface area contributed by atoms with Gasteiger partial charge in [-0.15, -0.1) is 6.58 Å². The monoisotopic (exact) mass is 239 g/mol. The van der Waals surface area contributed by atoms with E-state index in [2.05, 4.69) is 6.58 Å². The fourth-order valence-corrected chi connectivity index (χ4v) is 2.01. The third-order valence-electron chi connectivity index (χ3n) is 2.78.